The molecule has 0 radical (unpaired) electrons. The Hall–Kier alpha value is -2.79. The molecular weight excluding hydrogens is 501 g/mol. The van der Waals surface area contributed by atoms with Crippen LogP contribution < -0.4 is 15.6 Å². The molecular formula is C22H23Cl2N5O4S. The number of pyridine rings is 1. The van der Waals surface area contributed by atoms with E-state index in [2.05, 4.69) is 20.1 Å². The van der Waals surface area contributed by atoms with Crippen molar-refractivity contribution in [3.63, 3.8) is 0 Å². The third kappa shape index (κ3) is 5.82. The Morgan fingerprint density at radius 2 is 1.88 bits per heavy atom. The number of hydrogen-bond donors (Lipinski definition) is 2. The maximum atomic E-state index is 12.9. The second-order valence-corrected chi connectivity index (χ2v) is 10.1. The summed E-state index contributed by atoms with van der Waals surface area (Å²) in [6.45, 7) is 4.85. The van der Waals surface area contributed by atoms with E-state index in [9.17, 15) is 18.0 Å². The first kappa shape index (κ1) is 25.8. The molecule has 2 heterocycles. The number of rotatable bonds is 8. The van der Waals surface area contributed by atoms with Gasteiger partial charge in [-0.05, 0) is 50.6 Å². The highest BCUT2D eigenvalue weighted by Gasteiger charge is 2.23. The van der Waals surface area contributed by atoms with Gasteiger partial charge in [-0.3, -0.25) is 14.6 Å². The van der Waals surface area contributed by atoms with Gasteiger partial charge in [0.2, 0.25) is 15.9 Å². The molecule has 9 nitrogen and oxygen atoms in total. The van der Waals surface area contributed by atoms with E-state index in [1.807, 2.05) is 12.1 Å². The molecule has 0 fully saturated rings. The van der Waals surface area contributed by atoms with E-state index < -0.39 is 27.5 Å². The van der Waals surface area contributed by atoms with Gasteiger partial charge in [0.1, 0.15) is 11.1 Å². The smallest absolute Gasteiger partial charge is 0.287 e. The third-order valence-electron chi connectivity index (χ3n) is 5.05. The highest BCUT2D eigenvalue weighted by Crippen LogP contribution is 2.23. The van der Waals surface area contributed by atoms with Crippen molar-refractivity contribution < 1.29 is 13.2 Å². The van der Waals surface area contributed by atoms with Crippen molar-refractivity contribution in [1.29, 1.82) is 0 Å². The molecule has 1 amide bonds. The summed E-state index contributed by atoms with van der Waals surface area (Å²) in [6, 6.07) is 8.92. The lowest BCUT2D eigenvalue weighted by Gasteiger charge is -2.16. The average Bonchev–Trinajstić information content (AvgIpc) is 2.81. The fraction of sp³-hybridized carbons (Fsp3) is 0.273. The Morgan fingerprint density at radius 1 is 1.15 bits per heavy atom. The molecule has 0 saturated carbocycles. The minimum Gasteiger partial charge on any atom is -0.324 e. The highest BCUT2D eigenvalue weighted by atomic mass is 35.5. The van der Waals surface area contributed by atoms with Gasteiger partial charge in [-0.2, -0.15) is 5.10 Å². The first-order valence-corrected chi connectivity index (χ1v) is 12.5. The summed E-state index contributed by atoms with van der Waals surface area (Å²) in [6.07, 6.45) is 2.07. The largest absolute Gasteiger partial charge is 0.324 e. The van der Waals surface area contributed by atoms with Crippen molar-refractivity contribution in [1.82, 2.24) is 19.5 Å². The van der Waals surface area contributed by atoms with Crippen LogP contribution in [-0.2, 0) is 21.2 Å². The number of nitrogens with one attached hydrogen (secondary N) is 2. The van der Waals surface area contributed by atoms with E-state index in [4.69, 9.17) is 23.2 Å². The Labute approximate surface area is 207 Å². The fourth-order valence-corrected chi connectivity index (χ4v) is 4.77. The van der Waals surface area contributed by atoms with Crippen molar-refractivity contribution in [2.45, 2.75) is 38.1 Å². The van der Waals surface area contributed by atoms with Gasteiger partial charge in [0.05, 0.1) is 15.6 Å². The molecule has 1 atom stereocenters. The number of aryl methyl sites for hydroxylation is 2. The highest BCUT2D eigenvalue weighted by molar-refractivity contribution is 7.89. The van der Waals surface area contributed by atoms with Crippen molar-refractivity contribution >= 4 is 44.8 Å². The van der Waals surface area contributed by atoms with E-state index in [0.29, 0.717) is 17.7 Å². The summed E-state index contributed by atoms with van der Waals surface area (Å²) < 4.78 is 29.2. The van der Waals surface area contributed by atoms with E-state index in [1.54, 1.807) is 38.2 Å². The molecule has 0 bridgehead atoms. The molecule has 180 valence electrons. The molecule has 0 aliphatic heterocycles. The number of sulfonamides is 1. The summed E-state index contributed by atoms with van der Waals surface area (Å²) in [5.74, 6) is -0.581. The molecule has 3 rings (SSSR count). The van der Waals surface area contributed by atoms with Crippen molar-refractivity contribution in [3.05, 3.63) is 79.9 Å². The summed E-state index contributed by atoms with van der Waals surface area (Å²) in [4.78, 5) is 29.4. The number of benzene rings is 1. The Kier molecular flexibility index (Phi) is 8.09. The zero-order chi connectivity index (χ0) is 25.0. The van der Waals surface area contributed by atoms with Gasteiger partial charge >= 0.3 is 0 Å². The monoisotopic (exact) mass is 523 g/mol. The summed E-state index contributed by atoms with van der Waals surface area (Å²) >= 11 is 11.9. The van der Waals surface area contributed by atoms with E-state index in [0.717, 1.165) is 10.4 Å². The molecule has 0 aliphatic carbocycles. The molecule has 2 aromatic heterocycles. The van der Waals surface area contributed by atoms with E-state index >= 15 is 0 Å². The average molecular weight is 524 g/mol. The van der Waals surface area contributed by atoms with Crippen LogP contribution in [0.3, 0.4) is 0 Å². The molecule has 1 unspecified atom stereocenters. The number of carbonyl (C=O) groups excluding carboxylic acids is 1. The minimum atomic E-state index is -3.84. The number of anilines is 1. The van der Waals surface area contributed by atoms with E-state index in [-0.39, 0.29) is 27.2 Å². The Balaban J connectivity index is 1.76. The predicted molar refractivity (Wildman–Crippen MR) is 131 cm³/mol. The lowest BCUT2D eigenvalue weighted by Crippen LogP contribution is -2.34. The molecule has 3 aromatic rings. The lowest BCUT2D eigenvalue weighted by molar-refractivity contribution is -0.119. The number of nitrogens with zero attached hydrogens (tertiary/aromatic N) is 3. The molecule has 34 heavy (non-hydrogen) atoms. The second kappa shape index (κ2) is 10.6. The normalized spacial score (nSPS) is 12.4. The first-order chi connectivity index (χ1) is 16.0. The molecule has 0 saturated heterocycles. The van der Waals surface area contributed by atoms with Gasteiger partial charge in [-0.25, -0.2) is 17.8 Å². The minimum absolute atomic E-state index is 0.0273. The van der Waals surface area contributed by atoms with Gasteiger partial charge in [-0.15, -0.1) is 0 Å². The second-order valence-electron chi connectivity index (χ2n) is 7.58. The van der Waals surface area contributed by atoms with E-state index in [1.165, 1.54) is 13.0 Å². The van der Waals surface area contributed by atoms with Crippen LogP contribution in [0.4, 0.5) is 5.69 Å². The predicted octanol–water partition coefficient (Wildman–Crippen LogP) is 3.28. The molecule has 0 aliphatic rings. The fourth-order valence-electron chi connectivity index (χ4n) is 3.13. The Bertz CT molecular complexity index is 1380. The summed E-state index contributed by atoms with van der Waals surface area (Å²) in [7, 11) is -3.84. The maximum Gasteiger partial charge on any atom is 0.287 e. The first-order valence-electron chi connectivity index (χ1n) is 10.3. The zero-order valence-electron chi connectivity index (χ0n) is 18.7. The standard InChI is InChI=1S/C22H23Cl2N5O4S/c1-13-7-8-17(12-18(13)34(32,33)26-11-9-16-6-4-5-10-25-16)27-21(30)15(3)29-22(31)20(24)19(23)14(2)28-29/h4-8,10,12,15,26H,9,11H2,1-3H3,(H,27,30). The van der Waals surface area contributed by atoms with Gasteiger partial charge in [0, 0.05) is 30.5 Å². The van der Waals surface area contributed by atoms with Crippen molar-refractivity contribution in [2.24, 2.45) is 0 Å². The number of hydrogen-bond acceptors (Lipinski definition) is 6. The SMILES string of the molecule is Cc1ccc(NC(=O)C(C)n2nc(C)c(Cl)c(Cl)c2=O)cc1S(=O)(=O)NCCc1ccccn1. The van der Waals surface area contributed by atoms with Crippen LogP contribution in [0.25, 0.3) is 0 Å². The summed E-state index contributed by atoms with van der Waals surface area (Å²) in [5, 5.41) is 6.47. The van der Waals surface area contributed by atoms with Crippen molar-refractivity contribution in [3.8, 4) is 0 Å². The lowest BCUT2D eigenvalue weighted by atomic mass is 10.2. The molecule has 12 heteroatoms. The molecule has 1 aromatic carbocycles. The van der Waals surface area contributed by atoms with Gasteiger partial charge < -0.3 is 5.32 Å². The van der Waals surface area contributed by atoms with Gasteiger partial charge in [0.25, 0.3) is 5.56 Å². The number of halogens is 2. The van der Waals surface area contributed by atoms with Crippen LogP contribution in [0.5, 0.6) is 0 Å². The van der Waals surface area contributed by atoms with Crippen LogP contribution in [0.15, 0.2) is 52.3 Å². The van der Waals surface area contributed by atoms with Crippen LogP contribution in [0.2, 0.25) is 10.0 Å². The number of aromatic nitrogens is 3. The summed E-state index contributed by atoms with van der Waals surface area (Å²) in [5.41, 5.74) is 1.11. The third-order valence-corrected chi connectivity index (χ3v) is 7.57. The molecule has 0 spiro atoms. The van der Waals surface area contributed by atoms with Crippen LogP contribution in [0, 0.1) is 13.8 Å². The van der Waals surface area contributed by atoms with Crippen molar-refractivity contribution in [2.75, 3.05) is 11.9 Å². The number of carbonyl (C=O) groups is 1. The maximum absolute atomic E-state index is 12.9. The Morgan fingerprint density at radius 3 is 2.56 bits per heavy atom. The quantitative estimate of drug-likeness (QED) is 0.466. The van der Waals surface area contributed by atoms with Crippen LogP contribution in [-0.4, -0.2) is 35.6 Å². The zero-order valence-corrected chi connectivity index (χ0v) is 21.0. The number of amides is 1. The van der Waals surface area contributed by atoms with Gasteiger partial charge in [0.15, 0.2) is 0 Å². The van der Waals surface area contributed by atoms with Crippen LogP contribution in [0.1, 0.15) is 29.9 Å². The van der Waals surface area contributed by atoms with Gasteiger partial charge in [-0.1, -0.05) is 35.3 Å². The van der Waals surface area contributed by atoms with Crippen LogP contribution >= 0.6 is 23.2 Å². The molecule has 2 N–H and O–H groups in total. The topological polar surface area (TPSA) is 123 Å².